The monoisotopic (exact) mass is 562 g/mol. The number of hydrogen-bond donors (Lipinski definition) is 3. The minimum atomic E-state index is -2.05. The highest BCUT2D eigenvalue weighted by molar-refractivity contribution is 5.49. The molecule has 3 aromatic carbocycles. The molecule has 10 heteroatoms. The number of aryl methyl sites for hydroxylation is 1. The molecule has 1 saturated heterocycles. The van der Waals surface area contributed by atoms with Crippen LogP contribution in [0.1, 0.15) is 28.5 Å². The molecule has 9 nitrogen and oxygen atoms in total. The van der Waals surface area contributed by atoms with Crippen molar-refractivity contribution in [2.45, 2.75) is 36.6 Å². The first kappa shape index (κ1) is 28.4. The van der Waals surface area contributed by atoms with Crippen LogP contribution in [0.2, 0.25) is 0 Å². The number of benzene rings is 3. The highest BCUT2D eigenvalue weighted by Gasteiger charge is 2.60. The lowest BCUT2D eigenvalue weighted by Crippen LogP contribution is -2.53. The van der Waals surface area contributed by atoms with Crippen LogP contribution in [0.25, 0.3) is 0 Å². The summed E-state index contributed by atoms with van der Waals surface area (Å²) in [5, 5.41) is 21.0. The first-order chi connectivity index (χ1) is 19.8. The maximum absolute atomic E-state index is 16.7. The summed E-state index contributed by atoms with van der Waals surface area (Å²) in [6.45, 7) is -0.162. The predicted molar refractivity (Wildman–Crippen MR) is 149 cm³/mol. The number of halogens is 1. The maximum atomic E-state index is 16.7. The third-order valence-electron chi connectivity index (χ3n) is 7.55. The van der Waals surface area contributed by atoms with Crippen molar-refractivity contribution in [1.29, 1.82) is 0 Å². The fourth-order valence-corrected chi connectivity index (χ4v) is 5.34. The Morgan fingerprint density at radius 1 is 0.927 bits per heavy atom. The Kier molecular flexibility index (Phi) is 7.92. The van der Waals surface area contributed by atoms with Crippen molar-refractivity contribution >= 4 is 0 Å². The molecule has 214 valence electrons. The van der Waals surface area contributed by atoms with E-state index in [2.05, 4.69) is 4.98 Å². The van der Waals surface area contributed by atoms with Gasteiger partial charge in [-0.15, -0.1) is 0 Å². The van der Waals surface area contributed by atoms with Gasteiger partial charge in [-0.1, -0.05) is 72.8 Å². The molecule has 0 bridgehead atoms. The fraction of sp³-hybridized carbons (Fsp3) is 0.290. The molecule has 4 aromatic rings. The van der Waals surface area contributed by atoms with Gasteiger partial charge in [0.05, 0.1) is 20.3 Å². The number of ether oxygens (including phenoxy) is 3. The van der Waals surface area contributed by atoms with Crippen LogP contribution >= 0.6 is 0 Å². The number of aliphatic hydroxyl groups is 2. The summed E-state index contributed by atoms with van der Waals surface area (Å²) in [5.74, 6) is 0.601. The summed E-state index contributed by atoms with van der Waals surface area (Å²) in [4.78, 5) is 26.8. The Balaban J connectivity index is 1.73. The zero-order valence-electron chi connectivity index (χ0n) is 22.6. The minimum Gasteiger partial charge on any atom is -0.497 e. The molecule has 3 N–H and O–H groups in total. The Hall–Kier alpha value is -4.09. The van der Waals surface area contributed by atoms with Gasteiger partial charge in [0.2, 0.25) is 0 Å². The second-order valence-electron chi connectivity index (χ2n) is 9.99. The second kappa shape index (κ2) is 11.4. The van der Waals surface area contributed by atoms with Crippen molar-refractivity contribution in [2.75, 3.05) is 20.3 Å². The van der Waals surface area contributed by atoms with Crippen LogP contribution in [-0.4, -0.2) is 58.0 Å². The highest BCUT2D eigenvalue weighted by Crippen LogP contribution is 2.48. The van der Waals surface area contributed by atoms with E-state index in [0.29, 0.717) is 22.4 Å². The first-order valence-corrected chi connectivity index (χ1v) is 13.1. The van der Waals surface area contributed by atoms with Crippen molar-refractivity contribution in [1.82, 2.24) is 9.55 Å². The third-order valence-corrected chi connectivity index (χ3v) is 7.55. The summed E-state index contributed by atoms with van der Waals surface area (Å²) in [6, 6.07) is 25.5. The smallest absolute Gasteiger partial charge is 0.330 e. The van der Waals surface area contributed by atoms with Gasteiger partial charge in [0.15, 0.2) is 12.4 Å². The van der Waals surface area contributed by atoms with E-state index in [9.17, 15) is 19.8 Å². The molecule has 1 fully saturated rings. The number of hydrogen-bond acceptors (Lipinski definition) is 7. The molecule has 5 rings (SSSR count). The molecule has 2 heterocycles. The van der Waals surface area contributed by atoms with Gasteiger partial charge in [-0.3, -0.25) is 14.3 Å². The van der Waals surface area contributed by atoms with Gasteiger partial charge < -0.3 is 24.4 Å². The number of rotatable bonds is 9. The lowest BCUT2D eigenvalue weighted by atomic mass is 9.79. The van der Waals surface area contributed by atoms with Gasteiger partial charge in [-0.2, -0.15) is 0 Å². The van der Waals surface area contributed by atoms with E-state index < -0.39 is 54.2 Å². The van der Waals surface area contributed by atoms with Crippen LogP contribution in [0.5, 0.6) is 5.75 Å². The van der Waals surface area contributed by atoms with E-state index in [4.69, 9.17) is 14.2 Å². The summed E-state index contributed by atoms with van der Waals surface area (Å²) < 4.78 is 35.7. The predicted octanol–water partition coefficient (Wildman–Crippen LogP) is 2.82. The Labute approximate surface area is 235 Å². The quantitative estimate of drug-likeness (QED) is 0.268. The van der Waals surface area contributed by atoms with E-state index in [1.54, 1.807) is 31.4 Å². The average Bonchev–Trinajstić information content (AvgIpc) is 3.29. The maximum Gasteiger partial charge on any atom is 0.330 e. The van der Waals surface area contributed by atoms with Crippen molar-refractivity contribution in [3.8, 4) is 5.75 Å². The molecule has 0 unspecified atom stereocenters. The Bertz CT molecular complexity index is 1550. The van der Waals surface area contributed by atoms with Gasteiger partial charge in [0, 0.05) is 11.8 Å². The van der Waals surface area contributed by atoms with Crippen LogP contribution in [0.4, 0.5) is 4.39 Å². The summed E-state index contributed by atoms with van der Waals surface area (Å²) in [7, 11) is 1.55. The topological polar surface area (TPSA) is 123 Å². The van der Waals surface area contributed by atoms with Crippen molar-refractivity contribution < 1.29 is 28.8 Å². The summed E-state index contributed by atoms with van der Waals surface area (Å²) in [5.41, 5.74) is -2.85. The van der Waals surface area contributed by atoms with Crippen LogP contribution in [0.3, 0.4) is 0 Å². The number of H-pyrrole nitrogens is 1. The van der Waals surface area contributed by atoms with Crippen LogP contribution in [0.15, 0.2) is 101 Å². The molecular weight excluding hydrogens is 531 g/mol. The average molecular weight is 563 g/mol. The van der Waals surface area contributed by atoms with Gasteiger partial charge in [-0.05, 0) is 35.7 Å². The van der Waals surface area contributed by atoms with E-state index in [1.807, 2.05) is 60.7 Å². The minimum absolute atomic E-state index is 0.157. The molecule has 0 saturated carbocycles. The standard InChI is InChI=1S/C31H31FN2O7/c1-20-17-34(29(38)33-27(20)37)28-25(32)26(30(18-35,19-36)41-28)40-31(21-9-5-3-6-10-21,22-11-7-4-8-12-22)23-13-15-24(39-2)16-14-23/h3-17,25-26,28,35-36H,18-19H2,1-2H3,(H,33,37,38)/t25-,26-,28+/m0/s1. The van der Waals surface area contributed by atoms with Gasteiger partial charge in [0.1, 0.15) is 23.1 Å². The molecule has 0 spiro atoms. The van der Waals surface area contributed by atoms with Crippen molar-refractivity contribution in [3.63, 3.8) is 0 Å². The number of aliphatic hydroxyl groups excluding tert-OH is 2. The van der Waals surface area contributed by atoms with Crippen LogP contribution < -0.4 is 16.0 Å². The van der Waals surface area contributed by atoms with E-state index in [-0.39, 0.29) is 5.56 Å². The Morgan fingerprint density at radius 2 is 1.46 bits per heavy atom. The Morgan fingerprint density at radius 3 is 1.98 bits per heavy atom. The molecule has 0 radical (unpaired) electrons. The van der Waals surface area contributed by atoms with Crippen LogP contribution in [-0.2, 0) is 15.1 Å². The molecule has 1 aliphatic heterocycles. The molecule has 1 aliphatic rings. The van der Waals surface area contributed by atoms with Gasteiger partial charge >= 0.3 is 5.69 Å². The second-order valence-corrected chi connectivity index (χ2v) is 9.99. The summed E-state index contributed by atoms with van der Waals surface area (Å²) in [6.07, 6.45) is -4.06. The van der Waals surface area contributed by atoms with E-state index >= 15 is 4.39 Å². The summed E-state index contributed by atoms with van der Waals surface area (Å²) >= 11 is 0. The molecule has 0 aliphatic carbocycles. The molecule has 3 atom stereocenters. The lowest BCUT2D eigenvalue weighted by Gasteiger charge is -2.42. The number of aromatic nitrogens is 2. The third kappa shape index (κ3) is 4.89. The van der Waals surface area contributed by atoms with Gasteiger partial charge in [0.25, 0.3) is 5.56 Å². The largest absolute Gasteiger partial charge is 0.497 e. The van der Waals surface area contributed by atoms with Crippen molar-refractivity contribution in [2.24, 2.45) is 0 Å². The molecule has 0 amide bonds. The van der Waals surface area contributed by atoms with Gasteiger partial charge in [-0.25, -0.2) is 9.18 Å². The number of methoxy groups -OCH3 is 1. The number of aromatic amines is 1. The molecule has 41 heavy (non-hydrogen) atoms. The number of nitrogens with zero attached hydrogens (tertiary/aromatic N) is 1. The highest BCUT2D eigenvalue weighted by atomic mass is 19.1. The van der Waals surface area contributed by atoms with Crippen molar-refractivity contribution in [3.05, 3.63) is 134 Å². The lowest BCUT2D eigenvalue weighted by molar-refractivity contribution is -0.181. The normalized spacial score (nSPS) is 20.2. The molecule has 1 aromatic heterocycles. The van der Waals surface area contributed by atoms with E-state index in [0.717, 1.165) is 4.57 Å². The number of alkyl halides is 1. The zero-order chi connectivity index (χ0) is 29.2. The van der Waals surface area contributed by atoms with Crippen LogP contribution in [0, 0.1) is 6.92 Å². The fourth-order valence-electron chi connectivity index (χ4n) is 5.34. The van der Waals surface area contributed by atoms with E-state index in [1.165, 1.54) is 13.1 Å². The number of nitrogens with one attached hydrogen (secondary N) is 1. The SMILES string of the molecule is COc1ccc(C(O[C@H]2[C@H](F)[C@H](n3cc(C)c(=O)[nH]c3=O)OC2(CO)CO)(c2ccccc2)c2ccccc2)cc1. The zero-order valence-corrected chi connectivity index (χ0v) is 22.6. The molecular formula is C31H31FN2O7. The first-order valence-electron chi connectivity index (χ1n) is 13.1.